The third-order valence-corrected chi connectivity index (χ3v) is 6.40. The minimum absolute atomic E-state index is 0.267. The Labute approximate surface area is 193 Å². The Balaban J connectivity index is 1.26. The quantitative estimate of drug-likeness (QED) is 0.435. The zero-order valence-corrected chi connectivity index (χ0v) is 18.2. The fourth-order valence-electron chi connectivity index (χ4n) is 3.79. The Morgan fingerprint density at radius 1 is 1.15 bits per heavy atom. The largest absolute Gasteiger partial charge is 0.397 e. The van der Waals surface area contributed by atoms with Crippen LogP contribution in [-0.2, 0) is 6.54 Å². The van der Waals surface area contributed by atoms with Gasteiger partial charge in [0.05, 0.1) is 24.0 Å². The molecule has 1 atom stereocenters. The molecule has 0 bridgehead atoms. The number of hydrogen-bond donors (Lipinski definition) is 3. The number of rotatable bonds is 5. The molecule has 5 nitrogen and oxygen atoms in total. The van der Waals surface area contributed by atoms with E-state index in [4.69, 9.17) is 5.73 Å². The van der Waals surface area contributed by atoms with Crippen molar-refractivity contribution in [1.29, 1.82) is 0 Å². The number of thiophene rings is 1. The van der Waals surface area contributed by atoms with Crippen molar-refractivity contribution in [2.45, 2.75) is 12.6 Å². The van der Waals surface area contributed by atoms with Crippen molar-refractivity contribution >= 4 is 28.6 Å². The summed E-state index contributed by atoms with van der Waals surface area (Å²) in [4.78, 5) is 13.9. The van der Waals surface area contributed by atoms with Gasteiger partial charge in [-0.05, 0) is 52.9 Å². The molecular weight excluding hydrogens is 442 g/mol. The van der Waals surface area contributed by atoms with E-state index in [0.717, 1.165) is 22.1 Å². The molecule has 0 radical (unpaired) electrons. The van der Waals surface area contributed by atoms with E-state index in [1.54, 1.807) is 40.7 Å². The lowest BCUT2D eigenvalue weighted by molar-refractivity contribution is 0.102. The average Bonchev–Trinajstić information content (AvgIpc) is 3.46. The highest BCUT2D eigenvalue weighted by atomic mass is 32.1. The van der Waals surface area contributed by atoms with Crippen LogP contribution >= 0.6 is 11.3 Å². The summed E-state index contributed by atoms with van der Waals surface area (Å²) < 4.78 is 27.4. The second-order valence-electron chi connectivity index (χ2n) is 7.79. The molecule has 2 aliphatic rings. The molecule has 33 heavy (non-hydrogen) atoms. The van der Waals surface area contributed by atoms with Crippen LogP contribution in [0.3, 0.4) is 0 Å². The molecule has 0 fully saturated rings. The summed E-state index contributed by atoms with van der Waals surface area (Å²) >= 11 is 1.61. The highest BCUT2D eigenvalue weighted by molar-refractivity contribution is 7.13. The number of carbonyl (C=O) groups excluding carboxylic acids is 1. The van der Waals surface area contributed by atoms with Crippen LogP contribution in [0, 0.1) is 0 Å². The van der Waals surface area contributed by atoms with Crippen molar-refractivity contribution in [3.8, 4) is 10.4 Å². The number of nitrogens with zero attached hydrogens (tertiary/aromatic N) is 1. The zero-order valence-electron chi connectivity index (χ0n) is 17.4. The Morgan fingerprint density at radius 2 is 1.97 bits per heavy atom. The molecule has 0 saturated carbocycles. The maximum Gasteiger partial charge on any atom is 0.255 e. The predicted octanol–water partition coefficient (Wildman–Crippen LogP) is 5.54. The van der Waals surface area contributed by atoms with Crippen molar-refractivity contribution in [2.75, 3.05) is 11.1 Å². The second-order valence-corrected chi connectivity index (χ2v) is 8.74. The van der Waals surface area contributed by atoms with Crippen LogP contribution in [0.25, 0.3) is 10.4 Å². The number of anilines is 2. The summed E-state index contributed by atoms with van der Waals surface area (Å²) in [5.74, 6) is -1.44. The van der Waals surface area contributed by atoms with Crippen LogP contribution in [-0.4, -0.2) is 17.0 Å². The molecule has 3 aromatic rings. The van der Waals surface area contributed by atoms with Crippen molar-refractivity contribution in [3.63, 3.8) is 0 Å². The van der Waals surface area contributed by atoms with E-state index < -0.39 is 17.7 Å². The Bertz CT molecular complexity index is 1300. The van der Waals surface area contributed by atoms with Crippen molar-refractivity contribution in [1.82, 2.24) is 10.4 Å². The van der Waals surface area contributed by atoms with Gasteiger partial charge in [0, 0.05) is 28.3 Å². The maximum atomic E-state index is 13.9. The van der Waals surface area contributed by atoms with Crippen LogP contribution in [0.2, 0.25) is 0 Å². The number of hydrogen-bond acceptors (Lipinski definition) is 5. The number of hydrazine groups is 1. The van der Waals surface area contributed by atoms with Gasteiger partial charge in [0.2, 0.25) is 0 Å². The van der Waals surface area contributed by atoms with Crippen molar-refractivity contribution in [2.24, 2.45) is 0 Å². The average molecular weight is 463 g/mol. The van der Waals surface area contributed by atoms with Crippen LogP contribution in [0.4, 0.5) is 20.2 Å². The number of nitrogens with one attached hydrogen (secondary N) is 2. The molecule has 5 rings (SSSR count). The standard InChI is InChI=1S/C25H20F2N4OS/c26-18-11-20(27)19-14-31(30-22(19)12-18)13-15-3-5-16(6-4-15)25(32)29-23-10-17(7-8-21(23)28)24-2-1-9-33-24/h1-12,14,22,30H,13,28H2,(H,29,32)/t22-/m0/s1. The molecule has 0 unspecified atom stereocenters. The molecule has 166 valence electrons. The van der Waals surface area contributed by atoms with Gasteiger partial charge in [0.1, 0.15) is 11.7 Å². The van der Waals surface area contributed by atoms with Gasteiger partial charge in [-0.3, -0.25) is 4.79 Å². The van der Waals surface area contributed by atoms with E-state index >= 15 is 0 Å². The van der Waals surface area contributed by atoms with Gasteiger partial charge in [-0.15, -0.1) is 11.3 Å². The summed E-state index contributed by atoms with van der Waals surface area (Å²) in [5, 5.41) is 6.58. The number of amides is 1. The number of nitrogens with two attached hydrogens (primary N) is 1. The van der Waals surface area contributed by atoms with Crippen LogP contribution in [0.15, 0.2) is 95.6 Å². The zero-order chi connectivity index (χ0) is 22.9. The molecule has 2 heterocycles. The number of carbonyl (C=O) groups is 1. The predicted molar refractivity (Wildman–Crippen MR) is 127 cm³/mol. The lowest BCUT2D eigenvalue weighted by Gasteiger charge is -2.19. The van der Waals surface area contributed by atoms with Gasteiger partial charge in [-0.2, -0.15) is 0 Å². The first-order valence-corrected chi connectivity index (χ1v) is 11.2. The van der Waals surface area contributed by atoms with E-state index in [2.05, 4.69) is 10.7 Å². The Kier molecular flexibility index (Phi) is 5.53. The van der Waals surface area contributed by atoms with Gasteiger partial charge >= 0.3 is 0 Å². The second kappa shape index (κ2) is 8.65. The fraction of sp³-hybridized carbons (Fsp3) is 0.0800. The monoisotopic (exact) mass is 462 g/mol. The first-order valence-electron chi connectivity index (χ1n) is 10.3. The van der Waals surface area contributed by atoms with Gasteiger partial charge in [-0.25, -0.2) is 14.2 Å². The molecule has 8 heteroatoms. The molecule has 1 aromatic heterocycles. The van der Waals surface area contributed by atoms with Gasteiger partial charge in [0.25, 0.3) is 5.91 Å². The fourth-order valence-corrected chi connectivity index (χ4v) is 4.51. The lowest BCUT2D eigenvalue weighted by Crippen LogP contribution is -2.35. The third kappa shape index (κ3) is 4.44. The molecule has 2 aromatic carbocycles. The Hall–Kier alpha value is -3.75. The number of fused-ring (bicyclic) bond motifs is 1. The minimum Gasteiger partial charge on any atom is -0.397 e. The van der Waals surface area contributed by atoms with Gasteiger partial charge < -0.3 is 16.1 Å². The van der Waals surface area contributed by atoms with E-state index in [0.29, 0.717) is 29.1 Å². The molecule has 4 N–H and O–H groups in total. The summed E-state index contributed by atoms with van der Waals surface area (Å²) in [7, 11) is 0. The van der Waals surface area contributed by atoms with Gasteiger partial charge in [0.15, 0.2) is 0 Å². The molecular formula is C25H20F2N4OS. The Morgan fingerprint density at radius 3 is 2.73 bits per heavy atom. The van der Waals surface area contributed by atoms with E-state index in [1.165, 1.54) is 6.08 Å². The van der Waals surface area contributed by atoms with Gasteiger partial charge in [-0.1, -0.05) is 24.3 Å². The summed E-state index contributed by atoms with van der Waals surface area (Å²) in [6.07, 6.45) is 3.84. The van der Waals surface area contributed by atoms with Crippen molar-refractivity contribution in [3.05, 3.63) is 107 Å². The van der Waals surface area contributed by atoms with E-state index in [1.807, 2.05) is 41.8 Å². The molecule has 1 aliphatic carbocycles. The normalized spacial score (nSPS) is 17.2. The minimum atomic E-state index is -0.596. The third-order valence-electron chi connectivity index (χ3n) is 5.48. The maximum absolute atomic E-state index is 13.9. The molecule has 0 saturated heterocycles. The summed E-state index contributed by atoms with van der Waals surface area (Å²) in [6, 6.07) is 16.1. The number of allylic oxidation sites excluding steroid dienone is 2. The van der Waals surface area contributed by atoms with Crippen LogP contribution in [0.1, 0.15) is 15.9 Å². The van der Waals surface area contributed by atoms with E-state index in [9.17, 15) is 13.6 Å². The first kappa shape index (κ1) is 21.1. The van der Waals surface area contributed by atoms with Crippen LogP contribution in [0.5, 0.6) is 0 Å². The first-order chi connectivity index (χ1) is 16.0. The highest BCUT2D eigenvalue weighted by Gasteiger charge is 2.28. The summed E-state index contributed by atoms with van der Waals surface area (Å²) in [5.41, 5.74) is 12.9. The smallest absolute Gasteiger partial charge is 0.255 e. The van der Waals surface area contributed by atoms with E-state index in [-0.39, 0.29) is 5.91 Å². The van der Waals surface area contributed by atoms with Crippen molar-refractivity contribution < 1.29 is 13.6 Å². The molecule has 0 spiro atoms. The van der Waals surface area contributed by atoms with Crippen LogP contribution < -0.4 is 16.5 Å². The molecule has 1 amide bonds. The number of nitrogen functional groups attached to an aromatic ring is 1. The number of halogens is 2. The number of benzene rings is 2. The molecule has 1 aliphatic heterocycles. The highest BCUT2D eigenvalue weighted by Crippen LogP contribution is 2.31. The topological polar surface area (TPSA) is 70.4 Å². The SMILES string of the molecule is Nc1ccc(-c2cccs2)cc1NC(=O)c1ccc(CN2C=C3C(F)=CC(F)=C[C@@H]3N2)cc1. The summed E-state index contributed by atoms with van der Waals surface area (Å²) in [6.45, 7) is 0.431. The lowest BCUT2D eigenvalue weighted by atomic mass is 10.0.